The number of hydrogen-bond acceptors (Lipinski definition) is 4. The van der Waals surface area contributed by atoms with Crippen molar-refractivity contribution < 1.29 is 14.3 Å². The highest BCUT2D eigenvalue weighted by Gasteiger charge is 2.22. The zero-order valence-electron chi connectivity index (χ0n) is 15.0. The van der Waals surface area contributed by atoms with Gasteiger partial charge in [0.1, 0.15) is 11.8 Å². The molecule has 1 atom stereocenters. The van der Waals surface area contributed by atoms with Crippen LogP contribution in [0.15, 0.2) is 54.6 Å². The van der Waals surface area contributed by atoms with Gasteiger partial charge in [0, 0.05) is 6.54 Å². The molecule has 2 rings (SSSR count). The van der Waals surface area contributed by atoms with Gasteiger partial charge in [0.05, 0.1) is 12.7 Å². The molecule has 0 fully saturated rings. The minimum Gasteiger partial charge on any atom is -0.496 e. The highest BCUT2D eigenvalue weighted by Crippen LogP contribution is 2.17. The zero-order valence-corrected chi connectivity index (χ0v) is 15.8. The number of para-hydroxylation sites is 1. The minimum atomic E-state index is -0.594. The standard InChI is InChI=1S/C20H24N2O3S/c1-25-18-11-7-6-10-16(18)19(23)22-17(12-13-26-2)20(24)21-14-15-8-4-3-5-9-15/h3-11,17H,12-14H2,1-2H3,(H,21,24)(H,22,23). The third-order valence-corrected chi connectivity index (χ3v) is 4.54. The van der Waals surface area contributed by atoms with Crippen LogP contribution in [-0.4, -0.2) is 37.0 Å². The Morgan fingerprint density at radius 1 is 1.08 bits per heavy atom. The summed E-state index contributed by atoms with van der Waals surface area (Å²) in [5, 5.41) is 5.73. The van der Waals surface area contributed by atoms with Gasteiger partial charge < -0.3 is 15.4 Å². The molecule has 5 nitrogen and oxygen atoms in total. The van der Waals surface area contributed by atoms with E-state index in [1.54, 1.807) is 36.0 Å². The maximum atomic E-state index is 12.6. The molecule has 0 saturated carbocycles. The van der Waals surface area contributed by atoms with Crippen molar-refractivity contribution in [1.82, 2.24) is 10.6 Å². The zero-order chi connectivity index (χ0) is 18.8. The SMILES string of the molecule is COc1ccccc1C(=O)NC(CCSC)C(=O)NCc1ccccc1. The molecule has 0 spiro atoms. The monoisotopic (exact) mass is 372 g/mol. The van der Waals surface area contributed by atoms with Crippen molar-refractivity contribution >= 4 is 23.6 Å². The van der Waals surface area contributed by atoms with Crippen LogP contribution in [0.25, 0.3) is 0 Å². The van der Waals surface area contributed by atoms with Gasteiger partial charge in [-0.3, -0.25) is 9.59 Å². The van der Waals surface area contributed by atoms with Gasteiger partial charge in [0.2, 0.25) is 5.91 Å². The number of ether oxygens (including phenoxy) is 1. The third kappa shape index (κ3) is 5.81. The summed E-state index contributed by atoms with van der Waals surface area (Å²) in [4.78, 5) is 25.2. The molecule has 2 N–H and O–H groups in total. The van der Waals surface area contributed by atoms with Gasteiger partial charge in [-0.2, -0.15) is 11.8 Å². The van der Waals surface area contributed by atoms with Crippen molar-refractivity contribution in [3.05, 3.63) is 65.7 Å². The van der Waals surface area contributed by atoms with E-state index in [2.05, 4.69) is 10.6 Å². The molecule has 26 heavy (non-hydrogen) atoms. The number of rotatable bonds is 9. The lowest BCUT2D eigenvalue weighted by atomic mass is 10.1. The number of hydrogen-bond donors (Lipinski definition) is 2. The first-order valence-corrected chi connectivity index (χ1v) is 9.79. The van der Waals surface area contributed by atoms with Crippen LogP contribution in [0.1, 0.15) is 22.3 Å². The van der Waals surface area contributed by atoms with Gasteiger partial charge in [-0.1, -0.05) is 42.5 Å². The second kappa shape index (κ2) is 10.5. The maximum absolute atomic E-state index is 12.6. The number of carbonyl (C=O) groups excluding carboxylic acids is 2. The fourth-order valence-corrected chi connectivity index (χ4v) is 2.95. The summed E-state index contributed by atoms with van der Waals surface area (Å²) in [6.45, 7) is 0.431. The van der Waals surface area contributed by atoms with Crippen LogP contribution in [0.2, 0.25) is 0 Å². The highest BCUT2D eigenvalue weighted by molar-refractivity contribution is 7.98. The summed E-state index contributed by atoms with van der Waals surface area (Å²) in [6, 6.07) is 16.1. The van der Waals surface area contributed by atoms with Crippen LogP contribution in [-0.2, 0) is 11.3 Å². The maximum Gasteiger partial charge on any atom is 0.255 e. The first-order valence-electron chi connectivity index (χ1n) is 8.40. The minimum absolute atomic E-state index is 0.189. The van der Waals surface area contributed by atoms with Crippen molar-refractivity contribution in [2.75, 3.05) is 19.1 Å². The Hall–Kier alpha value is -2.47. The van der Waals surface area contributed by atoms with E-state index in [0.717, 1.165) is 11.3 Å². The molecule has 2 aromatic carbocycles. The molecule has 0 aliphatic heterocycles. The Morgan fingerprint density at radius 3 is 2.46 bits per heavy atom. The van der Waals surface area contributed by atoms with Crippen molar-refractivity contribution in [3.8, 4) is 5.75 Å². The fraction of sp³-hybridized carbons (Fsp3) is 0.300. The molecule has 0 radical (unpaired) electrons. The fourth-order valence-electron chi connectivity index (χ4n) is 2.48. The number of benzene rings is 2. The Kier molecular flexibility index (Phi) is 8.02. The molecule has 0 heterocycles. The van der Waals surface area contributed by atoms with Gasteiger partial charge in [0.15, 0.2) is 0 Å². The van der Waals surface area contributed by atoms with E-state index in [-0.39, 0.29) is 11.8 Å². The second-order valence-electron chi connectivity index (χ2n) is 5.71. The lowest BCUT2D eigenvalue weighted by Gasteiger charge is -2.19. The average molecular weight is 372 g/mol. The van der Waals surface area contributed by atoms with Crippen LogP contribution in [0, 0.1) is 0 Å². The molecule has 138 valence electrons. The molecule has 0 aromatic heterocycles. The molecule has 1 unspecified atom stereocenters. The van der Waals surface area contributed by atoms with Crippen LogP contribution >= 0.6 is 11.8 Å². The summed E-state index contributed by atoms with van der Waals surface area (Å²) in [6.07, 6.45) is 2.53. The summed E-state index contributed by atoms with van der Waals surface area (Å²) in [5.74, 6) is 0.753. The molecule has 0 bridgehead atoms. The third-order valence-electron chi connectivity index (χ3n) is 3.89. The van der Waals surface area contributed by atoms with E-state index in [9.17, 15) is 9.59 Å². The van der Waals surface area contributed by atoms with E-state index >= 15 is 0 Å². The van der Waals surface area contributed by atoms with E-state index in [4.69, 9.17) is 4.74 Å². The molecule has 6 heteroatoms. The van der Waals surface area contributed by atoms with E-state index in [1.165, 1.54) is 7.11 Å². The summed E-state index contributed by atoms with van der Waals surface area (Å²) in [5.41, 5.74) is 1.43. The number of thioether (sulfide) groups is 1. The molecule has 2 amide bonds. The first-order chi connectivity index (χ1) is 12.7. The van der Waals surface area contributed by atoms with Crippen molar-refractivity contribution in [2.24, 2.45) is 0 Å². The summed E-state index contributed by atoms with van der Waals surface area (Å²) >= 11 is 1.64. The number of methoxy groups -OCH3 is 1. The second-order valence-corrected chi connectivity index (χ2v) is 6.70. The molecule has 0 aliphatic rings. The van der Waals surface area contributed by atoms with Gasteiger partial charge in [-0.25, -0.2) is 0 Å². The molecular weight excluding hydrogens is 348 g/mol. The normalized spacial score (nSPS) is 11.5. The Morgan fingerprint density at radius 2 is 1.77 bits per heavy atom. The lowest BCUT2D eigenvalue weighted by molar-refractivity contribution is -0.123. The predicted molar refractivity (Wildman–Crippen MR) is 106 cm³/mol. The van der Waals surface area contributed by atoms with E-state index in [1.807, 2.05) is 36.6 Å². The topological polar surface area (TPSA) is 67.4 Å². The van der Waals surface area contributed by atoms with Gasteiger partial charge in [-0.15, -0.1) is 0 Å². The van der Waals surface area contributed by atoms with Gasteiger partial charge in [-0.05, 0) is 36.1 Å². The lowest BCUT2D eigenvalue weighted by Crippen LogP contribution is -2.47. The molecular formula is C20H24N2O3S. The summed E-state index contributed by atoms with van der Waals surface area (Å²) < 4.78 is 5.23. The largest absolute Gasteiger partial charge is 0.496 e. The number of carbonyl (C=O) groups is 2. The van der Waals surface area contributed by atoms with E-state index < -0.39 is 6.04 Å². The number of amides is 2. The highest BCUT2D eigenvalue weighted by atomic mass is 32.2. The van der Waals surface area contributed by atoms with Crippen molar-refractivity contribution in [1.29, 1.82) is 0 Å². The van der Waals surface area contributed by atoms with Crippen LogP contribution < -0.4 is 15.4 Å². The van der Waals surface area contributed by atoms with Gasteiger partial charge >= 0.3 is 0 Å². The van der Waals surface area contributed by atoms with Crippen LogP contribution in [0.5, 0.6) is 5.75 Å². The molecule has 0 saturated heterocycles. The van der Waals surface area contributed by atoms with Gasteiger partial charge in [0.25, 0.3) is 5.91 Å². The van der Waals surface area contributed by atoms with E-state index in [0.29, 0.717) is 24.3 Å². The Labute approximate surface area is 158 Å². The van der Waals surface area contributed by atoms with Crippen LogP contribution in [0.3, 0.4) is 0 Å². The summed E-state index contributed by atoms with van der Waals surface area (Å²) in [7, 11) is 1.52. The predicted octanol–water partition coefficient (Wildman–Crippen LogP) is 2.86. The number of nitrogens with one attached hydrogen (secondary N) is 2. The van der Waals surface area contributed by atoms with Crippen molar-refractivity contribution in [3.63, 3.8) is 0 Å². The Bertz CT molecular complexity index is 722. The molecule has 2 aromatic rings. The van der Waals surface area contributed by atoms with Crippen molar-refractivity contribution in [2.45, 2.75) is 19.0 Å². The molecule has 0 aliphatic carbocycles. The van der Waals surface area contributed by atoms with Crippen LogP contribution in [0.4, 0.5) is 0 Å². The Balaban J connectivity index is 2.03. The smallest absolute Gasteiger partial charge is 0.255 e. The quantitative estimate of drug-likeness (QED) is 0.710. The average Bonchev–Trinajstić information content (AvgIpc) is 2.69. The first kappa shape index (κ1) is 19.8.